The third kappa shape index (κ3) is 11000. The molecule has 0 bridgehead atoms. The second-order valence-corrected chi connectivity index (χ2v) is 0.519. The molecule has 0 fully saturated rings. The largest absolute Gasteiger partial charge is 0.481 e. The number of hydrogen-bond acceptors (Lipinski definition) is 3. The van der Waals surface area contributed by atoms with Crippen molar-refractivity contribution in [2.45, 2.75) is 6.92 Å². The van der Waals surface area contributed by atoms with E-state index in [-0.39, 0.29) is 29.4 Å². The van der Waals surface area contributed by atoms with Crippen molar-refractivity contribution in [3.63, 3.8) is 0 Å². The van der Waals surface area contributed by atoms with E-state index in [0.717, 1.165) is 6.92 Å². The molecule has 0 aromatic rings. The molecule has 0 aliphatic rings. The molecule has 0 atom stereocenters. The fourth-order valence-electron chi connectivity index (χ4n) is 0. The van der Waals surface area contributed by atoms with Crippen LogP contribution in [0.15, 0.2) is 0 Å². The molecule has 0 aromatic carbocycles. The normalized spacial score (nSPS) is 3.57. The van der Waals surface area contributed by atoms with Crippen molar-refractivity contribution in [3.8, 4) is 0 Å². The number of carbonyl (C=O) groups is 1. The summed E-state index contributed by atoms with van der Waals surface area (Å²) in [5.74, 6) is -0.833. The standard InChI is InChI=1S/C2H4O2.Cu.2H3N/c1-2(3)4;;;/h1H3,(H,3,4);;2*1H3. The SMILES string of the molecule is CC(=O)O.N.N.[Cu]. The fraction of sp³-hybridized carbons (Fsp3) is 0.500. The van der Waals surface area contributed by atoms with Gasteiger partial charge in [0.25, 0.3) is 5.97 Å². The Balaban J connectivity index is -0.0000000150. The minimum Gasteiger partial charge on any atom is -0.481 e. The molecule has 0 unspecified atom stereocenters. The maximum atomic E-state index is 9.00. The van der Waals surface area contributed by atoms with Gasteiger partial charge in [-0.05, 0) is 0 Å². The topological polar surface area (TPSA) is 107 Å². The molecule has 51 valence electrons. The number of carboxylic acid groups (broad SMARTS) is 1. The first-order chi connectivity index (χ1) is 1.73. The van der Waals surface area contributed by atoms with Crippen molar-refractivity contribution in [1.82, 2.24) is 12.3 Å². The summed E-state index contributed by atoms with van der Waals surface area (Å²) in [4.78, 5) is 9.00. The first kappa shape index (κ1) is 28.5. The summed E-state index contributed by atoms with van der Waals surface area (Å²) in [6, 6.07) is 0. The molecule has 7 heavy (non-hydrogen) atoms. The van der Waals surface area contributed by atoms with Crippen molar-refractivity contribution in [3.05, 3.63) is 0 Å². The van der Waals surface area contributed by atoms with Crippen LogP contribution in [0.5, 0.6) is 0 Å². The zero-order chi connectivity index (χ0) is 3.58. The third-order valence-electron chi connectivity index (χ3n) is 0. The molecular formula is C2H10CuN2O2. The van der Waals surface area contributed by atoms with Crippen LogP contribution in [-0.4, -0.2) is 11.1 Å². The van der Waals surface area contributed by atoms with E-state index in [1.54, 1.807) is 0 Å². The summed E-state index contributed by atoms with van der Waals surface area (Å²) in [5.41, 5.74) is 0. The van der Waals surface area contributed by atoms with Gasteiger partial charge in [-0.2, -0.15) is 0 Å². The zero-order valence-electron chi connectivity index (χ0n) is 4.07. The van der Waals surface area contributed by atoms with Gasteiger partial charge in [0.1, 0.15) is 0 Å². The summed E-state index contributed by atoms with van der Waals surface area (Å²) >= 11 is 0. The van der Waals surface area contributed by atoms with Gasteiger partial charge < -0.3 is 17.4 Å². The second kappa shape index (κ2) is 16.8. The van der Waals surface area contributed by atoms with E-state index in [2.05, 4.69) is 0 Å². The number of hydrogen-bond donors (Lipinski definition) is 3. The molecule has 0 aromatic heterocycles. The fourth-order valence-corrected chi connectivity index (χ4v) is 0. The first-order valence-corrected chi connectivity index (χ1v) is 0.928. The van der Waals surface area contributed by atoms with Gasteiger partial charge in [-0.3, -0.25) is 4.79 Å². The Bertz CT molecular complexity index is 36.7. The van der Waals surface area contributed by atoms with Crippen LogP contribution >= 0.6 is 0 Å². The minimum absolute atomic E-state index is 0. The monoisotopic (exact) mass is 157 g/mol. The maximum absolute atomic E-state index is 9.00. The molecule has 0 saturated carbocycles. The van der Waals surface area contributed by atoms with E-state index in [1.807, 2.05) is 0 Å². The van der Waals surface area contributed by atoms with Crippen LogP contribution in [-0.2, 0) is 21.9 Å². The molecule has 7 N–H and O–H groups in total. The third-order valence-corrected chi connectivity index (χ3v) is 0. The maximum Gasteiger partial charge on any atom is 0.300 e. The number of carboxylic acids is 1. The van der Waals surface area contributed by atoms with E-state index >= 15 is 0 Å². The van der Waals surface area contributed by atoms with Crippen LogP contribution in [0.1, 0.15) is 6.92 Å². The van der Waals surface area contributed by atoms with Gasteiger partial charge in [-0.1, -0.05) is 0 Å². The van der Waals surface area contributed by atoms with E-state index in [1.165, 1.54) is 0 Å². The second-order valence-electron chi connectivity index (χ2n) is 0.519. The van der Waals surface area contributed by atoms with E-state index < -0.39 is 5.97 Å². The molecule has 0 aliphatic carbocycles. The van der Waals surface area contributed by atoms with Gasteiger partial charge in [0.05, 0.1) is 0 Å². The van der Waals surface area contributed by atoms with Crippen molar-refractivity contribution in [1.29, 1.82) is 0 Å². The van der Waals surface area contributed by atoms with Crippen molar-refractivity contribution in [2.75, 3.05) is 0 Å². The van der Waals surface area contributed by atoms with E-state index in [9.17, 15) is 0 Å². The Morgan fingerprint density at radius 2 is 1.43 bits per heavy atom. The van der Waals surface area contributed by atoms with Crippen LogP contribution < -0.4 is 12.3 Å². The molecule has 4 nitrogen and oxygen atoms in total. The average Bonchev–Trinajstić information content (AvgIpc) is 0.811. The molecule has 5 heteroatoms. The quantitative estimate of drug-likeness (QED) is 0.443. The van der Waals surface area contributed by atoms with Gasteiger partial charge in [0, 0.05) is 24.0 Å². The molecule has 0 saturated heterocycles. The number of aliphatic carboxylic acids is 1. The molecule has 0 amide bonds. The summed E-state index contributed by atoms with van der Waals surface area (Å²) in [6.45, 7) is 1.08. The van der Waals surface area contributed by atoms with Gasteiger partial charge in [0.15, 0.2) is 0 Å². The summed E-state index contributed by atoms with van der Waals surface area (Å²) < 4.78 is 0. The first-order valence-electron chi connectivity index (χ1n) is 0.928. The summed E-state index contributed by atoms with van der Waals surface area (Å²) in [5, 5.41) is 7.42. The van der Waals surface area contributed by atoms with Crippen LogP contribution in [0, 0.1) is 0 Å². The molecule has 0 heterocycles. The Kier molecular flexibility index (Phi) is 68.5. The van der Waals surface area contributed by atoms with Gasteiger partial charge in [0.2, 0.25) is 0 Å². The summed E-state index contributed by atoms with van der Waals surface area (Å²) in [6.07, 6.45) is 0. The van der Waals surface area contributed by atoms with Gasteiger partial charge in [-0.25, -0.2) is 0 Å². The average molecular weight is 158 g/mol. The van der Waals surface area contributed by atoms with E-state index in [0.29, 0.717) is 0 Å². The Hall–Kier alpha value is -0.0905. The van der Waals surface area contributed by atoms with Crippen LogP contribution in [0.3, 0.4) is 0 Å². The van der Waals surface area contributed by atoms with Crippen LogP contribution in [0.2, 0.25) is 0 Å². The molecule has 0 rings (SSSR count). The van der Waals surface area contributed by atoms with Crippen molar-refractivity contribution in [2.24, 2.45) is 0 Å². The summed E-state index contributed by atoms with van der Waals surface area (Å²) in [7, 11) is 0. The van der Waals surface area contributed by atoms with Gasteiger partial charge in [-0.15, -0.1) is 0 Å². The smallest absolute Gasteiger partial charge is 0.300 e. The Morgan fingerprint density at radius 3 is 1.43 bits per heavy atom. The minimum atomic E-state index is -0.833. The Labute approximate surface area is 52.9 Å². The van der Waals surface area contributed by atoms with Crippen molar-refractivity contribution < 1.29 is 27.0 Å². The number of rotatable bonds is 0. The van der Waals surface area contributed by atoms with Crippen LogP contribution in [0.25, 0.3) is 0 Å². The zero-order valence-corrected chi connectivity index (χ0v) is 5.01. The van der Waals surface area contributed by atoms with Crippen molar-refractivity contribution >= 4 is 5.97 Å². The predicted molar refractivity (Wildman–Crippen MR) is 23.4 cm³/mol. The molecule has 1 radical (unpaired) electrons. The van der Waals surface area contributed by atoms with Crippen LogP contribution in [0.4, 0.5) is 0 Å². The van der Waals surface area contributed by atoms with E-state index in [4.69, 9.17) is 9.90 Å². The Morgan fingerprint density at radius 1 is 1.43 bits per heavy atom. The van der Waals surface area contributed by atoms with Gasteiger partial charge >= 0.3 is 0 Å². The molecular weight excluding hydrogens is 148 g/mol. The molecule has 0 spiro atoms. The molecule has 0 aliphatic heterocycles. The predicted octanol–water partition coefficient (Wildman–Crippen LogP) is 0.412.